The van der Waals surface area contributed by atoms with Gasteiger partial charge in [0.25, 0.3) is 0 Å². The normalized spacial score (nSPS) is 11.5. The zero-order valence-corrected chi connectivity index (χ0v) is 17.2. The Hall–Kier alpha value is -3.27. The number of methoxy groups -OCH3 is 1. The molecule has 147 valence electrons. The van der Waals surface area contributed by atoms with Gasteiger partial charge in [0.15, 0.2) is 0 Å². The second-order valence-electron chi connectivity index (χ2n) is 7.80. The molecule has 29 heavy (non-hydrogen) atoms. The fourth-order valence-electron chi connectivity index (χ4n) is 4.00. The van der Waals surface area contributed by atoms with Crippen LogP contribution in [0.4, 0.5) is 0 Å². The molecule has 1 aromatic heterocycles. The lowest BCUT2D eigenvalue weighted by molar-refractivity contribution is 0.100. The molecule has 4 heteroatoms. The van der Waals surface area contributed by atoms with Crippen LogP contribution in [0.25, 0.3) is 21.8 Å². The number of aryl methyl sites for hydroxylation is 1. The zero-order chi connectivity index (χ0) is 20.7. The van der Waals surface area contributed by atoms with Crippen molar-refractivity contribution in [2.45, 2.75) is 33.2 Å². The molecule has 0 atom stereocenters. The SMILES string of the molecule is COc1ccc(Cn2c3cc(C(C)C)c[c]c3c3c(C(N)=O)cccc32)cc1C. The first kappa shape index (κ1) is 19.1. The van der Waals surface area contributed by atoms with Gasteiger partial charge in [0.2, 0.25) is 5.91 Å². The highest BCUT2D eigenvalue weighted by atomic mass is 16.5. The summed E-state index contributed by atoms with van der Waals surface area (Å²) in [6, 6.07) is 19.6. The molecule has 0 aliphatic rings. The lowest BCUT2D eigenvalue weighted by Gasteiger charge is -2.12. The molecule has 0 saturated heterocycles. The molecule has 0 fully saturated rings. The van der Waals surface area contributed by atoms with E-state index in [1.165, 1.54) is 11.1 Å². The summed E-state index contributed by atoms with van der Waals surface area (Å²) in [7, 11) is 1.68. The maximum absolute atomic E-state index is 12.1. The summed E-state index contributed by atoms with van der Waals surface area (Å²) in [4.78, 5) is 12.1. The first-order valence-electron chi connectivity index (χ1n) is 9.80. The zero-order valence-electron chi connectivity index (χ0n) is 17.2. The van der Waals surface area contributed by atoms with Crippen LogP contribution in [0.3, 0.4) is 0 Å². The standard InChI is InChI=1S/C25H25N2O2/c1-15(2)18-9-10-19-22(13-18)27(14-17-8-11-23(29-4)16(3)12-17)21-7-5-6-20(24(19)21)25(26)28/h5-9,11-13,15H,14H2,1-4H3,(H2,26,28). The van der Waals surface area contributed by atoms with Crippen LogP contribution in [-0.4, -0.2) is 17.6 Å². The number of fused-ring (bicyclic) bond motifs is 3. The molecule has 4 aromatic rings. The largest absolute Gasteiger partial charge is 0.496 e. The summed E-state index contributed by atoms with van der Waals surface area (Å²) in [6.45, 7) is 7.07. The van der Waals surface area contributed by atoms with E-state index in [0.29, 0.717) is 18.0 Å². The fourth-order valence-corrected chi connectivity index (χ4v) is 4.00. The number of aromatic nitrogens is 1. The monoisotopic (exact) mass is 385 g/mol. The summed E-state index contributed by atoms with van der Waals surface area (Å²) < 4.78 is 7.65. The number of nitrogens with zero attached hydrogens (tertiary/aromatic N) is 1. The Kier molecular flexibility index (Phi) is 4.79. The lowest BCUT2D eigenvalue weighted by Crippen LogP contribution is -2.11. The Morgan fingerprint density at radius 2 is 1.97 bits per heavy atom. The van der Waals surface area contributed by atoms with Crippen LogP contribution in [0, 0.1) is 13.0 Å². The summed E-state index contributed by atoms with van der Waals surface area (Å²) in [6.07, 6.45) is 0. The van der Waals surface area contributed by atoms with E-state index in [0.717, 1.165) is 33.1 Å². The smallest absolute Gasteiger partial charge is 0.249 e. The van der Waals surface area contributed by atoms with Crippen molar-refractivity contribution in [1.29, 1.82) is 0 Å². The maximum Gasteiger partial charge on any atom is 0.249 e. The quantitative estimate of drug-likeness (QED) is 0.514. The Bertz CT molecular complexity index is 1230. The van der Waals surface area contributed by atoms with Crippen LogP contribution >= 0.6 is 0 Å². The van der Waals surface area contributed by atoms with E-state index >= 15 is 0 Å². The second-order valence-corrected chi connectivity index (χ2v) is 7.80. The highest BCUT2D eigenvalue weighted by molar-refractivity contribution is 6.17. The van der Waals surface area contributed by atoms with Crippen molar-refractivity contribution in [3.8, 4) is 5.75 Å². The van der Waals surface area contributed by atoms with Crippen molar-refractivity contribution in [2.75, 3.05) is 7.11 Å². The molecule has 0 aliphatic carbocycles. The number of hydrogen-bond acceptors (Lipinski definition) is 2. The maximum atomic E-state index is 12.1. The van der Waals surface area contributed by atoms with Crippen molar-refractivity contribution < 1.29 is 9.53 Å². The summed E-state index contributed by atoms with van der Waals surface area (Å²) in [5.41, 5.74) is 11.8. The number of rotatable bonds is 5. The molecule has 4 nitrogen and oxygen atoms in total. The Morgan fingerprint density at radius 3 is 2.62 bits per heavy atom. The van der Waals surface area contributed by atoms with Gasteiger partial charge in [-0.2, -0.15) is 0 Å². The van der Waals surface area contributed by atoms with Gasteiger partial charge in [-0.3, -0.25) is 4.79 Å². The molecule has 1 radical (unpaired) electrons. The molecule has 4 rings (SSSR count). The van der Waals surface area contributed by atoms with Crippen LogP contribution in [-0.2, 0) is 6.54 Å². The van der Waals surface area contributed by atoms with Crippen molar-refractivity contribution in [3.63, 3.8) is 0 Å². The van der Waals surface area contributed by atoms with Gasteiger partial charge in [-0.15, -0.1) is 0 Å². The molecule has 1 amide bonds. The molecule has 0 unspecified atom stereocenters. The molecular weight excluding hydrogens is 360 g/mol. The minimum atomic E-state index is -0.420. The molecule has 0 bridgehead atoms. The molecule has 0 aliphatic heterocycles. The topological polar surface area (TPSA) is 57.2 Å². The minimum Gasteiger partial charge on any atom is -0.496 e. The van der Waals surface area contributed by atoms with Crippen LogP contribution in [0.1, 0.15) is 46.8 Å². The van der Waals surface area contributed by atoms with E-state index in [9.17, 15) is 4.79 Å². The van der Waals surface area contributed by atoms with Gasteiger partial charge in [0.1, 0.15) is 5.75 Å². The fraction of sp³-hybridized carbons (Fsp3) is 0.240. The van der Waals surface area contributed by atoms with E-state index in [4.69, 9.17) is 10.5 Å². The van der Waals surface area contributed by atoms with E-state index < -0.39 is 5.91 Å². The highest BCUT2D eigenvalue weighted by Crippen LogP contribution is 2.34. The molecule has 3 aromatic carbocycles. The van der Waals surface area contributed by atoms with Gasteiger partial charge >= 0.3 is 0 Å². The van der Waals surface area contributed by atoms with Gasteiger partial charge in [-0.1, -0.05) is 38.1 Å². The predicted octanol–water partition coefficient (Wildman–Crippen LogP) is 5.18. The van der Waals surface area contributed by atoms with Crippen LogP contribution in [0.15, 0.2) is 48.5 Å². The Labute approximate surface area is 170 Å². The number of amides is 1. The highest BCUT2D eigenvalue weighted by Gasteiger charge is 2.18. The minimum absolute atomic E-state index is 0.390. The number of ether oxygens (including phenoxy) is 1. The molecule has 0 spiro atoms. The third-order valence-corrected chi connectivity index (χ3v) is 5.55. The van der Waals surface area contributed by atoms with Gasteiger partial charge in [0.05, 0.1) is 18.1 Å². The number of primary amides is 1. The van der Waals surface area contributed by atoms with Crippen LogP contribution in [0.5, 0.6) is 5.75 Å². The first-order valence-corrected chi connectivity index (χ1v) is 9.80. The van der Waals surface area contributed by atoms with Crippen molar-refractivity contribution >= 4 is 27.7 Å². The van der Waals surface area contributed by atoms with E-state index in [2.05, 4.69) is 42.7 Å². The van der Waals surface area contributed by atoms with Gasteiger partial charge < -0.3 is 15.0 Å². The van der Waals surface area contributed by atoms with E-state index in [1.54, 1.807) is 13.2 Å². The summed E-state index contributed by atoms with van der Waals surface area (Å²) >= 11 is 0. The Morgan fingerprint density at radius 1 is 1.17 bits per heavy atom. The number of nitrogens with two attached hydrogens (primary N) is 1. The number of hydrogen-bond donors (Lipinski definition) is 1. The lowest BCUT2D eigenvalue weighted by atomic mass is 10.00. The average molecular weight is 385 g/mol. The second kappa shape index (κ2) is 7.28. The van der Waals surface area contributed by atoms with Gasteiger partial charge in [-0.25, -0.2) is 0 Å². The molecule has 2 N–H and O–H groups in total. The number of benzene rings is 3. The molecule has 1 heterocycles. The number of carbonyl (C=O) groups excluding carboxylic acids is 1. The van der Waals surface area contributed by atoms with Gasteiger partial charge in [-0.05, 0) is 59.9 Å². The number of carbonyl (C=O) groups is 1. The summed E-state index contributed by atoms with van der Waals surface area (Å²) in [5, 5.41) is 1.81. The summed E-state index contributed by atoms with van der Waals surface area (Å²) in [5.74, 6) is 0.847. The average Bonchev–Trinajstić information content (AvgIpc) is 3.01. The third kappa shape index (κ3) is 3.25. The van der Waals surface area contributed by atoms with Crippen LogP contribution < -0.4 is 10.5 Å². The first-order chi connectivity index (χ1) is 13.9. The van der Waals surface area contributed by atoms with Gasteiger partial charge in [0, 0.05) is 22.9 Å². The Balaban J connectivity index is 1.99. The predicted molar refractivity (Wildman–Crippen MR) is 118 cm³/mol. The van der Waals surface area contributed by atoms with E-state index in [1.807, 2.05) is 31.2 Å². The van der Waals surface area contributed by atoms with Crippen molar-refractivity contribution in [1.82, 2.24) is 4.57 Å². The third-order valence-electron chi connectivity index (χ3n) is 5.55. The molecule has 0 saturated carbocycles. The van der Waals surface area contributed by atoms with Crippen molar-refractivity contribution in [3.05, 3.63) is 76.9 Å². The van der Waals surface area contributed by atoms with E-state index in [-0.39, 0.29) is 0 Å². The van der Waals surface area contributed by atoms with Crippen LogP contribution in [0.2, 0.25) is 0 Å². The van der Waals surface area contributed by atoms with Crippen molar-refractivity contribution in [2.24, 2.45) is 5.73 Å². The molecular formula is C25H25N2O2.